The number of amides is 1. The largest absolute Gasteiger partial charge is 0.452 e. The zero-order valence-corrected chi connectivity index (χ0v) is 15.2. The Morgan fingerprint density at radius 2 is 1.85 bits per heavy atom. The molecule has 0 aliphatic carbocycles. The van der Waals surface area contributed by atoms with Crippen molar-refractivity contribution in [3.63, 3.8) is 0 Å². The van der Waals surface area contributed by atoms with Crippen LogP contribution in [0.5, 0.6) is 0 Å². The van der Waals surface area contributed by atoms with Gasteiger partial charge in [-0.2, -0.15) is 0 Å². The van der Waals surface area contributed by atoms with Crippen LogP contribution in [0.4, 0.5) is 14.5 Å². The van der Waals surface area contributed by atoms with Crippen LogP contribution in [0.1, 0.15) is 18.1 Å². The summed E-state index contributed by atoms with van der Waals surface area (Å²) in [5.74, 6) is -2.12. The van der Waals surface area contributed by atoms with Crippen LogP contribution < -0.4 is 5.32 Å². The highest BCUT2D eigenvalue weighted by Gasteiger charge is 2.19. The van der Waals surface area contributed by atoms with Crippen LogP contribution in [-0.4, -0.2) is 23.7 Å². The molecule has 26 heavy (non-hydrogen) atoms. The fraction of sp³-hybridized carbons (Fsp3) is 0.263. The van der Waals surface area contributed by atoms with Crippen LogP contribution >= 0.6 is 11.8 Å². The highest BCUT2D eigenvalue weighted by molar-refractivity contribution is 7.99. The van der Waals surface area contributed by atoms with Crippen LogP contribution in [-0.2, 0) is 20.1 Å². The minimum absolute atomic E-state index is 0.0937. The van der Waals surface area contributed by atoms with E-state index >= 15 is 0 Å². The lowest BCUT2D eigenvalue weighted by Gasteiger charge is -2.14. The number of ether oxygens (including phenoxy) is 1. The van der Waals surface area contributed by atoms with Crippen LogP contribution in [0.3, 0.4) is 0 Å². The highest BCUT2D eigenvalue weighted by atomic mass is 32.2. The smallest absolute Gasteiger partial charge is 0.316 e. The molecule has 0 fully saturated rings. The Balaban J connectivity index is 1.76. The molecular weight excluding hydrogens is 360 g/mol. The van der Waals surface area contributed by atoms with Gasteiger partial charge in [-0.15, -0.1) is 11.8 Å². The first-order valence-electron chi connectivity index (χ1n) is 7.94. The van der Waals surface area contributed by atoms with E-state index < -0.39 is 29.6 Å². The van der Waals surface area contributed by atoms with Crippen LogP contribution in [0.15, 0.2) is 42.5 Å². The number of esters is 1. The molecule has 0 aromatic heterocycles. The molecule has 4 nitrogen and oxygen atoms in total. The molecule has 0 aliphatic rings. The Hall–Kier alpha value is -2.41. The number of rotatable bonds is 7. The Labute approximate surface area is 154 Å². The van der Waals surface area contributed by atoms with Gasteiger partial charge in [-0.25, -0.2) is 8.78 Å². The molecule has 2 aromatic carbocycles. The quantitative estimate of drug-likeness (QED) is 0.737. The van der Waals surface area contributed by atoms with E-state index in [-0.39, 0.29) is 11.4 Å². The maximum absolute atomic E-state index is 13.5. The molecule has 1 N–H and O–H groups in total. The van der Waals surface area contributed by atoms with Gasteiger partial charge in [-0.05, 0) is 31.5 Å². The van der Waals surface area contributed by atoms with Crippen molar-refractivity contribution >= 4 is 29.3 Å². The summed E-state index contributed by atoms with van der Waals surface area (Å²) in [6, 6.07) is 10.8. The number of thioether (sulfide) groups is 1. The topological polar surface area (TPSA) is 55.4 Å². The Morgan fingerprint density at radius 3 is 2.50 bits per heavy atom. The minimum Gasteiger partial charge on any atom is -0.452 e. The van der Waals surface area contributed by atoms with Gasteiger partial charge in [0.1, 0.15) is 11.6 Å². The SMILES string of the molecule is Cc1ccc(CSCC(=O)O[C@@H](C)C(=O)Nc2ccc(F)cc2F)cc1. The summed E-state index contributed by atoms with van der Waals surface area (Å²) in [5.41, 5.74) is 2.08. The van der Waals surface area contributed by atoms with Gasteiger partial charge in [-0.3, -0.25) is 9.59 Å². The highest BCUT2D eigenvalue weighted by Crippen LogP contribution is 2.16. The Morgan fingerprint density at radius 1 is 1.15 bits per heavy atom. The van der Waals surface area contributed by atoms with Gasteiger partial charge in [0.15, 0.2) is 6.10 Å². The second-order valence-corrected chi connectivity index (χ2v) is 6.71. The normalized spacial score (nSPS) is 11.7. The van der Waals surface area contributed by atoms with Crippen LogP contribution in [0, 0.1) is 18.6 Å². The third kappa shape index (κ3) is 6.15. The average molecular weight is 379 g/mol. The molecule has 0 radical (unpaired) electrons. The fourth-order valence-electron chi connectivity index (χ4n) is 2.05. The average Bonchev–Trinajstić information content (AvgIpc) is 2.59. The van der Waals surface area contributed by atoms with E-state index in [0.717, 1.165) is 23.3 Å². The van der Waals surface area contributed by atoms with E-state index in [1.807, 2.05) is 31.2 Å². The molecule has 1 amide bonds. The van der Waals surface area contributed by atoms with Gasteiger partial charge >= 0.3 is 5.97 Å². The van der Waals surface area contributed by atoms with Gasteiger partial charge in [0.2, 0.25) is 0 Å². The second kappa shape index (κ2) is 9.33. The summed E-state index contributed by atoms with van der Waals surface area (Å²) >= 11 is 1.37. The number of carbonyl (C=O) groups excluding carboxylic acids is 2. The number of anilines is 1. The molecule has 138 valence electrons. The van der Waals surface area contributed by atoms with E-state index in [0.29, 0.717) is 11.8 Å². The molecule has 0 heterocycles. The molecular formula is C19H19F2NO3S. The number of carbonyl (C=O) groups is 2. The van der Waals surface area contributed by atoms with Gasteiger partial charge in [0.05, 0.1) is 11.4 Å². The maximum Gasteiger partial charge on any atom is 0.316 e. The van der Waals surface area contributed by atoms with Crippen molar-refractivity contribution in [1.29, 1.82) is 0 Å². The third-order valence-corrected chi connectivity index (χ3v) is 4.45. The first kappa shape index (κ1) is 19.9. The molecule has 1 atom stereocenters. The summed E-state index contributed by atoms with van der Waals surface area (Å²) in [5, 5.41) is 2.27. The van der Waals surface area contributed by atoms with Crippen LogP contribution in [0.2, 0.25) is 0 Å². The van der Waals surface area contributed by atoms with Gasteiger partial charge in [-0.1, -0.05) is 29.8 Å². The van der Waals surface area contributed by atoms with Crippen molar-refractivity contribution in [2.75, 3.05) is 11.1 Å². The second-order valence-electron chi connectivity index (χ2n) is 5.72. The van der Waals surface area contributed by atoms with Crippen molar-refractivity contribution in [2.45, 2.75) is 25.7 Å². The number of benzene rings is 2. The van der Waals surface area contributed by atoms with Gasteiger partial charge in [0, 0.05) is 11.8 Å². The molecule has 0 spiro atoms. The summed E-state index contributed by atoms with van der Waals surface area (Å²) in [6.07, 6.45) is -1.09. The van der Waals surface area contributed by atoms with Crippen molar-refractivity contribution in [3.05, 3.63) is 65.2 Å². The van der Waals surface area contributed by atoms with E-state index in [1.165, 1.54) is 18.7 Å². The maximum atomic E-state index is 13.5. The van der Waals surface area contributed by atoms with Crippen LogP contribution in [0.25, 0.3) is 0 Å². The fourth-order valence-corrected chi connectivity index (χ4v) is 2.81. The molecule has 2 aromatic rings. The Bertz CT molecular complexity index is 781. The standard InChI is InChI=1S/C19H19F2NO3S/c1-12-3-5-14(6-4-12)10-26-11-18(23)25-13(2)19(24)22-17-8-7-15(20)9-16(17)21/h3-9,13H,10-11H2,1-2H3,(H,22,24)/t13-/m0/s1. The molecule has 0 unspecified atom stereocenters. The molecule has 7 heteroatoms. The summed E-state index contributed by atoms with van der Waals surface area (Å²) < 4.78 is 31.4. The third-order valence-electron chi connectivity index (χ3n) is 3.48. The number of aryl methyl sites for hydroxylation is 1. The van der Waals surface area contributed by atoms with E-state index in [4.69, 9.17) is 4.74 Å². The predicted molar refractivity (Wildman–Crippen MR) is 97.9 cm³/mol. The predicted octanol–water partition coefficient (Wildman–Crippen LogP) is 4.08. The van der Waals surface area contributed by atoms with Crippen molar-refractivity contribution in [3.8, 4) is 0 Å². The molecule has 0 bridgehead atoms. The van der Waals surface area contributed by atoms with Crippen molar-refractivity contribution in [1.82, 2.24) is 0 Å². The van der Waals surface area contributed by atoms with Crippen molar-refractivity contribution < 1.29 is 23.1 Å². The van der Waals surface area contributed by atoms with Crippen molar-refractivity contribution in [2.24, 2.45) is 0 Å². The zero-order chi connectivity index (χ0) is 19.1. The number of nitrogens with one attached hydrogen (secondary N) is 1. The Kier molecular flexibility index (Phi) is 7.15. The lowest BCUT2D eigenvalue weighted by atomic mass is 10.2. The van der Waals surface area contributed by atoms with Gasteiger partial charge < -0.3 is 10.1 Å². The van der Waals surface area contributed by atoms with E-state index in [1.54, 1.807) is 0 Å². The molecule has 0 aliphatic heterocycles. The first-order chi connectivity index (χ1) is 12.3. The number of hydrogen-bond acceptors (Lipinski definition) is 4. The summed E-state index contributed by atoms with van der Waals surface area (Å²) in [6.45, 7) is 3.39. The van der Waals surface area contributed by atoms with E-state index in [2.05, 4.69) is 5.32 Å². The van der Waals surface area contributed by atoms with E-state index in [9.17, 15) is 18.4 Å². The first-order valence-corrected chi connectivity index (χ1v) is 9.09. The summed E-state index contributed by atoms with van der Waals surface area (Å²) in [4.78, 5) is 23.8. The number of halogens is 2. The number of hydrogen-bond donors (Lipinski definition) is 1. The lowest BCUT2D eigenvalue weighted by Crippen LogP contribution is -2.30. The summed E-state index contributed by atoms with van der Waals surface area (Å²) in [7, 11) is 0. The minimum atomic E-state index is -1.09. The lowest BCUT2D eigenvalue weighted by molar-refractivity contribution is -0.150. The molecule has 0 saturated heterocycles. The van der Waals surface area contributed by atoms with Gasteiger partial charge in [0.25, 0.3) is 5.91 Å². The monoisotopic (exact) mass is 379 g/mol. The zero-order valence-electron chi connectivity index (χ0n) is 14.4. The molecule has 2 rings (SSSR count). The molecule has 0 saturated carbocycles.